The zero-order valence-electron chi connectivity index (χ0n) is 12.4. The van der Waals surface area contributed by atoms with Crippen LogP contribution in [0.2, 0.25) is 0 Å². The van der Waals surface area contributed by atoms with Crippen LogP contribution < -0.4 is 0 Å². The van der Waals surface area contributed by atoms with E-state index in [9.17, 15) is 19.2 Å². The molecule has 0 saturated carbocycles. The Kier molecular flexibility index (Phi) is 7.12. The predicted molar refractivity (Wildman–Crippen MR) is 68.9 cm³/mol. The van der Waals surface area contributed by atoms with Crippen LogP contribution in [0.1, 0.15) is 13.3 Å². The molecule has 8 heteroatoms. The fourth-order valence-corrected chi connectivity index (χ4v) is 1.61. The molecule has 118 valence electrons. The van der Waals surface area contributed by atoms with Gasteiger partial charge in [0, 0.05) is 12.0 Å². The Labute approximate surface area is 122 Å². The van der Waals surface area contributed by atoms with Gasteiger partial charge in [0.1, 0.15) is 0 Å². The van der Waals surface area contributed by atoms with Gasteiger partial charge in [0.2, 0.25) is 0 Å². The zero-order chi connectivity index (χ0) is 16.6. The van der Waals surface area contributed by atoms with E-state index in [4.69, 9.17) is 4.74 Å². The average molecular weight is 302 g/mol. The molecule has 0 N–H and O–H groups in total. The van der Waals surface area contributed by atoms with Gasteiger partial charge in [-0.15, -0.1) is 0 Å². The molecule has 0 aliphatic heterocycles. The van der Waals surface area contributed by atoms with Crippen molar-refractivity contribution in [3.05, 3.63) is 12.2 Å². The van der Waals surface area contributed by atoms with E-state index in [1.807, 2.05) is 0 Å². The van der Waals surface area contributed by atoms with E-state index >= 15 is 0 Å². The molecule has 0 heterocycles. The van der Waals surface area contributed by atoms with Crippen LogP contribution in [0.4, 0.5) is 0 Å². The van der Waals surface area contributed by atoms with Crippen molar-refractivity contribution in [1.82, 2.24) is 0 Å². The number of hydrogen-bond donors (Lipinski definition) is 0. The third kappa shape index (κ3) is 3.80. The Hall–Kier alpha value is -2.38. The molecule has 8 nitrogen and oxygen atoms in total. The molecule has 0 atom stereocenters. The summed E-state index contributed by atoms with van der Waals surface area (Å²) in [6, 6.07) is 0. The Balaban J connectivity index is 5.73. The summed E-state index contributed by atoms with van der Waals surface area (Å²) in [7, 11) is 2.95. The Morgan fingerprint density at radius 2 is 1.29 bits per heavy atom. The largest absolute Gasteiger partial charge is 0.468 e. The van der Waals surface area contributed by atoms with Crippen molar-refractivity contribution in [2.45, 2.75) is 13.3 Å². The number of carbonyl (C=O) groups is 4. The number of ether oxygens (including phenoxy) is 4. The summed E-state index contributed by atoms with van der Waals surface area (Å²) in [4.78, 5) is 47.4. The predicted octanol–water partition coefficient (Wildman–Crippen LogP) is 0.00120. The summed E-state index contributed by atoms with van der Waals surface area (Å²) in [6.07, 6.45) is -0.669. The second-order valence-electron chi connectivity index (χ2n) is 3.88. The molecule has 0 radical (unpaired) electrons. The van der Waals surface area contributed by atoms with Crippen molar-refractivity contribution < 1.29 is 38.1 Å². The van der Waals surface area contributed by atoms with Crippen molar-refractivity contribution in [2.75, 3.05) is 27.9 Å². The first kappa shape index (κ1) is 18.6. The van der Waals surface area contributed by atoms with Gasteiger partial charge >= 0.3 is 23.9 Å². The maximum atomic E-state index is 11.9. The summed E-state index contributed by atoms with van der Waals surface area (Å²) in [6.45, 7) is 5.05. The SMILES string of the molecule is C=C(CC(C(=O)OC)(C(=O)OC)C(=O)OC)C(=O)OCC. The molecular weight excluding hydrogens is 284 g/mol. The molecule has 0 rings (SSSR count). The molecule has 0 fully saturated rings. The first-order chi connectivity index (χ1) is 9.81. The molecule has 0 aromatic carbocycles. The topological polar surface area (TPSA) is 105 Å². The van der Waals surface area contributed by atoms with Crippen molar-refractivity contribution >= 4 is 23.9 Å². The number of hydrogen-bond acceptors (Lipinski definition) is 8. The van der Waals surface area contributed by atoms with Crippen LogP contribution >= 0.6 is 0 Å². The van der Waals surface area contributed by atoms with Crippen LogP contribution in [0.3, 0.4) is 0 Å². The monoisotopic (exact) mass is 302 g/mol. The normalized spacial score (nSPS) is 10.3. The highest BCUT2D eigenvalue weighted by Crippen LogP contribution is 2.31. The van der Waals surface area contributed by atoms with E-state index in [1.165, 1.54) is 0 Å². The van der Waals surface area contributed by atoms with Gasteiger partial charge < -0.3 is 18.9 Å². The second kappa shape index (κ2) is 8.03. The molecule has 0 amide bonds. The Bertz CT molecular complexity index is 410. The highest BCUT2D eigenvalue weighted by atomic mass is 16.6. The Morgan fingerprint density at radius 3 is 1.57 bits per heavy atom. The maximum absolute atomic E-state index is 11.9. The summed E-state index contributed by atoms with van der Waals surface area (Å²) in [5, 5.41) is 0. The lowest BCUT2D eigenvalue weighted by Gasteiger charge is -2.25. The summed E-state index contributed by atoms with van der Waals surface area (Å²) >= 11 is 0. The summed E-state index contributed by atoms with van der Waals surface area (Å²) in [5.74, 6) is -4.50. The van der Waals surface area contributed by atoms with E-state index in [2.05, 4.69) is 20.8 Å². The van der Waals surface area contributed by atoms with Gasteiger partial charge in [-0.2, -0.15) is 0 Å². The molecule has 0 unspecified atom stereocenters. The van der Waals surface area contributed by atoms with Gasteiger partial charge in [-0.05, 0) is 6.92 Å². The van der Waals surface area contributed by atoms with E-state index in [1.54, 1.807) is 6.92 Å². The highest BCUT2D eigenvalue weighted by molar-refractivity contribution is 6.18. The maximum Gasteiger partial charge on any atom is 0.335 e. The molecule has 0 aliphatic rings. The molecule has 0 aliphatic carbocycles. The Morgan fingerprint density at radius 1 is 0.905 bits per heavy atom. The number of methoxy groups -OCH3 is 3. The number of carbonyl (C=O) groups excluding carboxylic acids is 4. The van der Waals surface area contributed by atoms with Gasteiger partial charge in [-0.25, -0.2) is 4.79 Å². The van der Waals surface area contributed by atoms with E-state index in [0.717, 1.165) is 21.3 Å². The number of esters is 4. The van der Waals surface area contributed by atoms with Gasteiger partial charge in [0.15, 0.2) is 0 Å². The van der Waals surface area contributed by atoms with Crippen LogP contribution in [0, 0.1) is 5.41 Å². The van der Waals surface area contributed by atoms with Gasteiger partial charge in [-0.3, -0.25) is 14.4 Å². The first-order valence-electron chi connectivity index (χ1n) is 5.91. The van der Waals surface area contributed by atoms with Crippen molar-refractivity contribution in [3.8, 4) is 0 Å². The molecule has 21 heavy (non-hydrogen) atoms. The minimum Gasteiger partial charge on any atom is -0.468 e. The van der Waals surface area contributed by atoms with Crippen LogP contribution in [0.15, 0.2) is 12.2 Å². The van der Waals surface area contributed by atoms with Crippen molar-refractivity contribution in [2.24, 2.45) is 5.41 Å². The minimum absolute atomic E-state index is 0.0690. The molecule has 0 aromatic heterocycles. The number of rotatable bonds is 7. The first-order valence-corrected chi connectivity index (χ1v) is 5.91. The molecule has 0 saturated heterocycles. The quantitative estimate of drug-likeness (QED) is 0.280. The van der Waals surface area contributed by atoms with Crippen LogP contribution in [0.25, 0.3) is 0 Å². The minimum atomic E-state index is -2.46. The summed E-state index contributed by atoms with van der Waals surface area (Å²) in [5.41, 5.74) is -2.72. The van der Waals surface area contributed by atoms with Crippen LogP contribution in [0.5, 0.6) is 0 Å². The average Bonchev–Trinajstić information content (AvgIpc) is 2.49. The fraction of sp³-hybridized carbons (Fsp3) is 0.538. The molecule has 0 spiro atoms. The standard InChI is InChI=1S/C13H18O8/c1-6-21-9(14)8(2)7-13(10(15)18-3,11(16)19-4)12(17)20-5/h2,6-7H2,1,3-5H3. The summed E-state index contributed by atoms with van der Waals surface area (Å²) < 4.78 is 18.1. The lowest BCUT2D eigenvalue weighted by molar-refractivity contribution is -0.180. The van der Waals surface area contributed by atoms with E-state index in [-0.39, 0.29) is 12.2 Å². The van der Waals surface area contributed by atoms with Crippen molar-refractivity contribution in [1.29, 1.82) is 0 Å². The van der Waals surface area contributed by atoms with Gasteiger partial charge in [0.25, 0.3) is 5.41 Å². The molecule has 0 bridgehead atoms. The lowest BCUT2D eigenvalue weighted by Crippen LogP contribution is -2.49. The van der Waals surface area contributed by atoms with E-state index < -0.39 is 35.7 Å². The fourth-order valence-electron chi connectivity index (χ4n) is 1.61. The van der Waals surface area contributed by atoms with Crippen molar-refractivity contribution in [3.63, 3.8) is 0 Å². The third-order valence-electron chi connectivity index (χ3n) is 2.64. The van der Waals surface area contributed by atoms with Crippen LogP contribution in [-0.4, -0.2) is 51.8 Å². The smallest absolute Gasteiger partial charge is 0.335 e. The second-order valence-corrected chi connectivity index (χ2v) is 3.88. The lowest BCUT2D eigenvalue weighted by atomic mass is 9.81. The van der Waals surface area contributed by atoms with E-state index in [0.29, 0.717) is 0 Å². The zero-order valence-corrected chi connectivity index (χ0v) is 12.4. The molecular formula is C13H18O8. The van der Waals surface area contributed by atoms with Gasteiger partial charge in [0.05, 0.1) is 27.9 Å². The van der Waals surface area contributed by atoms with Gasteiger partial charge in [-0.1, -0.05) is 6.58 Å². The highest BCUT2D eigenvalue weighted by Gasteiger charge is 2.57. The third-order valence-corrected chi connectivity index (χ3v) is 2.64. The van der Waals surface area contributed by atoms with Crippen LogP contribution in [-0.2, 0) is 38.1 Å². The molecule has 0 aromatic rings.